The molecule has 0 atom stereocenters. The summed E-state index contributed by atoms with van der Waals surface area (Å²) in [7, 11) is 2.20. The summed E-state index contributed by atoms with van der Waals surface area (Å²) in [6.07, 6.45) is 2.38. The monoisotopic (exact) mass is 420 g/mol. The first kappa shape index (κ1) is 24.5. The van der Waals surface area contributed by atoms with E-state index in [1.165, 1.54) is 12.8 Å². The number of rotatable bonds is 12. The average molecular weight is 421 g/mol. The molecule has 129 valence electrons. The summed E-state index contributed by atoms with van der Waals surface area (Å²) in [5.41, 5.74) is 0. The van der Waals surface area contributed by atoms with Gasteiger partial charge in [0.1, 0.15) is 0 Å². The summed E-state index contributed by atoms with van der Waals surface area (Å²) >= 11 is 9.00. The third-order valence-corrected chi connectivity index (χ3v) is 3.22. The van der Waals surface area contributed by atoms with E-state index >= 15 is 0 Å². The van der Waals surface area contributed by atoms with Crippen molar-refractivity contribution in [3.05, 3.63) is 0 Å². The Labute approximate surface area is 156 Å². The van der Waals surface area contributed by atoms with E-state index in [-0.39, 0.29) is 29.6 Å². The Balaban J connectivity index is 0. The molecular weight excluding hydrogens is 385 g/mol. The quantitative estimate of drug-likeness (QED) is 0.288. The smallest absolute Gasteiger partial charge is 0.0198 e. The van der Waals surface area contributed by atoms with Gasteiger partial charge in [0.15, 0.2) is 0 Å². The summed E-state index contributed by atoms with van der Waals surface area (Å²) in [5.74, 6) is 0. The Bertz CT molecular complexity index is 216. The predicted octanol–water partition coefficient (Wildman–Crippen LogP) is 2.29. The first-order valence-electron chi connectivity index (χ1n) is 7.65. The van der Waals surface area contributed by atoms with Crippen molar-refractivity contribution in [1.29, 1.82) is 0 Å². The molecule has 0 aliphatic carbocycles. The number of nitrogens with zero attached hydrogens (tertiary/aromatic N) is 1. The van der Waals surface area contributed by atoms with Gasteiger partial charge in [0.05, 0.1) is 0 Å². The van der Waals surface area contributed by atoms with Gasteiger partial charge in [-0.2, -0.15) is 25.3 Å². The van der Waals surface area contributed by atoms with Crippen LogP contribution < -0.4 is 10.6 Å². The second kappa shape index (κ2) is 12.6. The first-order valence-corrected chi connectivity index (χ1v) is 8.54. The van der Waals surface area contributed by atoms with Crippen LogP contribution in [0.4, 0.5) is 0 Å². The zero-order chi connectivity index (χ0) is 15.6. The third kappa shape index (κ3) is 21.2. The maximum absolute atomic E-state index is 4.50. The molecule has 0 unspecified atom stereocenters. The molecule has 0 aromatic carbocycles. The van der Waals surface area contributed by atoms with E-state index in [1.807, 2.05) is 0 Å². The topological polar surface area (TPSA) is 27.3 Å². The number of hydrogen-bond acceptors (Lipinski definition) is 5. The summed E-state index contributed by atoms with van der Waals surface area (Å²) in [5, 5.41) is 6.90. The molecule has 0 aliphatic heterocycles. The van der Waals surface area contributed by atoms with Gasteiger partial charge in [0.25, 0.3) is 0 Å². The van der Waals surface area contributed by atoms with Gasteiger partial charge in [-0.25, -0.2) is 0 Å². The number of nitrogens with one attached hydrogen (secondary N) is 2. The molecule has 0 saturated heterocycles. The Hall–Kier alpha value is 1.23. The fourth-order valence-electron chi connectivity index (χ4n) is 1.85. The van der Waals surface area contributed by atoms with Crippen molar-refractivity contribution < 1.29 is 20.1 Å². The van der Waals surface area contributed by atoms with Gasteiger partial charge in [-0.3, -0.25) is 0 Å². The average Bonchev–Trinajstić information content (AvgIpc) is 2.25. The van der Waals surface area contributed by atoms with E-state index in [9.17, 15) is 0 Å². The minimum absolute atomic E-state index is 0. The van der Waals surface area contributed by atoms with Gasteiger partial charge in [-0.15, -0.1) is 0 Å². The van der Waals surface area contributed by atoms with Crippen LogP contribution in [0.3, 0.4) is 0 Å². The molecule has 0 aromatic heterocycles. The summed E-state index contributed by atoms with van der Waals surface area (Å²) in [4.78, 5) is 2.40. The molecule has 1 radical (unpaired) electrons. The van der Waals surface area contributed by atoms with E-state index in [0.717, 1.165) is 39.3 Å². The van der Waals surface area contributed by atoms with Gasteiger partial charge >= 0.3 is 0 Å². The summed E-state index contributed by atoms with van der Waals surface area (Å²) < 4.78 is 0.163. The molecule has 0 heterocycles. The fourth-order valence-corrected chi connectivity index (χ4v) is 2.07. The van der Waals surface area contributed by atoms with Gasteiger partial charge in [0.2, 0.25) is 0 Å². The van der Waals surface area contributed by atoms with Crippen LogP contribution in [-0.4, -0.2) is 60.7 Å². The van der Waals surface area contributed by atoms with Crippen LogP contribution in [-0.2, 0) is 20.1 Å². The van der Waals surface area contributed by atoms with Crippen LogP contribution >= 0.6 is 25.3 Å². The number of hydrogen-bond donors (Lipinski definition) is 4. The van der Waals surface area contributed by atoms with E-state index < -0.39 is 0 Å². The van der Waals surface area contributed by atoms with Crippen LogP contribution in [0, 0.1) is 0 Å². The third-order valence-electron chi connectivity index (χ3n) is 2.90. The van der Waals surface area contributed by atoms with E-state index in [1.54, 1.807) is 0 Å². The maximum Gasteiger partial charge on any atom is 0.0198 e. The normalized spacial score (nSPS) is 12.6. The minimum atomic E-state index is 0. The Kier molecular flexibility index (Phi) is 14.7. The second-order valence-corrected chi connectivity index (χ2v) is 9.41. The van der Waals surface area contributed by atoms with E-state index in [2.05, 4.69) is 75.5 Å². The molecule has 0 saturated carbocycles. The molecule has 2 N–H and O–H groups in total. The molecule has 0 aromatic rings. The van der Waals surface area contributed by atoms with Gasteiger partial charge < -0.3 is 15.5 Å². The predicted molar refractivity (Wildman–Crippen MR) is 98.6 cm³/mol. The van der Waals surface area contributed by atoms with Crippen LogP contribution in [0.15, 0.2) is 0 Å². The first-order chi connectivity index (χ1) is 9.10. The van der Waals surface area contributed by atoms with Crippen LogP contribution in [0.5, 0.6) is 0 Å². The molecule has 0 fully saturated rings. The van der Waals surface area contributed by atoms with Crippen molar-refractivity contribution in [3.8, 4) is 0 Å². The van der Waals surface area contributed by atoms with Crippen LogP contribution in [0.1, 0.15) is 40.5 Å². The molecule has 21 heavy (non-hydrogen) atoms. The maximum atomic E-state index is 4.50. The van der Waals surface area contributed by atoms with Crippen molar-refractivity contribution in [3.63, 3.8) is 0 Å². The van der Waals surface area contributed by atoms with Crippen molar-refractivity contribution >= 4 is 25.3 Å². The van der Waals surface area contributed by atoms with E-state index in [0.29, 0.717) is 0 Å². The molecule has 0 aliphatic rings. The number of thiol groups is 2. The van der Waals surface area contributed by atoms with Gasteiger partial charge in [0, 0.05) is 42.7 Å². The Morgan fingerprint density at radius 3 is 1.43 bits per heavy atom. The minimum Gasteiger partial charge on any atom is -0.315 e. The second-order valence-electron chi connectivity index (χ2n) is 6.99. The summed E-state index contributed by atoms with van der Waals surface area (Å²) in [6.45, 7) is 14.9. The van der Waals surface area contributed by atoms with Crippen LogP contribution in [0.25, 0.3) is 0 Å². The Morgan fingerprint density at radius 1 is 0.810 bits per heavy atom. The Morgan fingerprint density at radius 2 is 1.14 bits per heavy atom. The van der Waals surface area contributed by atoms with Crippen LogP contribution in [0.2, 0.25) is 0 Å². The van der Waals surface area contributed by atoms with Crippen molar-refractivity contribution in [1.82, 2.24) is 15.5 Å². The van der Waals surface area contributed by atoms with Crippen molar-refractivity contribution in [2.24, 2.45) is 0 Å². The largest absolute Gasteiger partial charge is 0.315 e. The standard InChI is InChI=1S/C15H35N3S2.Tc/c1-14(2,19)12-16-8-6-10-18(5)11-7-9-17-13-15(3,4)20;/h16-17,19-20H,6-13H2,1-5H3;/i;1+1. The molecule has 6 heteroatoms. The SMILES string of the molecule is CN(CCCNCC(C)(C)S)CCCNCC(C)(C)S.[99Tc]. The summed E-state index contributed by atoms with van der Waals surface area (Å²) in [6, 6.07) is 0. The molecule has 0 spiro atoms. The zero-order valence-electron chi connectivity index (χ0n) is 14.4. The van der Waals surface area contributed by atoms with Gasteiger partial charge in [-0.1, -0.05) is 0 Å². The molecular formula is C15H35N3S2Tc. The molecule has 3 nitrogen and oxygen atoms in total. The van der Waals surface area contributed by atoms with Crippen molar-refractivity contribution in [2.75, 3.05) is 46.3 Å². The molecule has 0 rings (SSSR count). The fraction of sp³-hybridized carbons (Fsp3) is 1.00. The van der Waals surface area contributed by atoms with E-state index in [4.69, 9.17) is 0 Å². The van der Waals surface area contributed by atoms with Crippen molar-refractivity contribution in [2.45, 2.75) is 50.0 Å². The van der Waals surface area contributed by atoms with Gasteiger partial charge in [-0.05, 0) is 73.8 Å². The zero-order valence-corrected chi connectivity index (χ0v) is 18.0. The molecule has 0 bridgehead atoms. The molecule has 0 amide bonds.